The minimum Gasteiger partial charge on any atom is -0.491 e. The van der Waals surface area contributed by atoms with Crippen LogP contribution >= 0.6 is 0 Å². The normalized spacial score (nSPS) is 18.7. The molecule has 1 saturated heterocycles. The summed E-state index contributed by atoms with van der Waals surface area (Å²) in [6, 6.07) is 7.01. The van der Waals surface area contributed by atoms with E-state index in [1.807, 2.05) is 0 Å². The summed E-state index contributed by atoms with van der Waals surface area (Å²) in [5.41, 5.74) is 0.554. The molecule has 0 radical (unpaired) electrons. The van der Waals surface area contributed by atoms with Crippen LogP contribution in [0.15, 0.2) is 24.3 Å². The summed E-state index contributed by atoms with van der Waals surface area (Å²) in [7, 11) is 0. The Bertz CT molecular complexity index is 409. The van der Waals surface area contributed by atoms with Crippen LogP contribution in [-0.4, -0.2) is 31.9 Å². The molecule has 104 valence electrons. The molecule has 1 aliphatic heterocycles. The zero-order valence-corrected chi connectivity index (χ0v) is 11.4. The molecule has 19 heavy (non-hydrogen) atoms. The van der Waals surface area contributed by atoms with Crippen LogP contribution in [0, 0.1) is 5.92 Å². The van der Waals surface area contributed by atoms with E-state index in [4.69, 9.17) is 14.2 Å². The molecule has 1 fully saturated rings. The highest BCUT2D eigenvalue weighted by atomic mass is 16.6. The second-order valence-electron chi connectivity index (χ2n) is 4.90. The van der Waals surface area contributed by atoms with Gasteiger partial charge in [0.15, 0.2) is 0 Å². The average molecular weight is 264 g/mol. The van der Waals surface area contributed by atoms with Crippen molar-refractivity contribution in [3.63, 3.8) is 0 Å². The fraction of sp³-hybridized carbons (Fsp3) is 0.533. The van der Waals surface area contributed by atoms with Crippen molar-refractivity contribution in [2.24, 2.45) is 5.92 Å². The molecular formula is C15H20O4. The summed E-state index contributed by atoms with van der Waals surface area (Å²) >= 11 is 0. The molecule has 1 aliphatic rings. The maximum atomic E-state index is 11.8. The van der Waals surface area contributed by atoms with Crippen LogP contribution in [0.2, 0.25) is 0 Å². The fourth-order valence-corrected chi connectivity index (χ4v) is 1.46. The molecule has 0 bridgehead atoms. The van der Waals surface area contributed by atoms with Crippen molar-refractivity contribution in [3.8, 4) is 5.75 Å². The Morgan fingerprint density at radius 1 is 1.42 bits per heavy atom. The van der Waals surface area contributed by atoms with Gasteiger partial charge in [-0.3, -0.25) is 0 Å². The van der Waals surface area contributed by atoms with E-state index >= 15 is 0 Å². The predicted octanol–water partition coefficient (Wildman–Crippen LogP) is 2.67. The molecule has 0 N–H and O–H groups in total. The summed E-state index contributed by atoms with van der Waals surface area (Å²) in [5, 5.41) is 0. The second-order valence-corrected chi connectivity index (χ2v) is 4.90. The number of carbonyl (C=O) groups is 1. The first-order valence-electron chi connectivity index (χ1n) is 6.70. The molecule has 1 heterocycles. The molecule has 2 rings (SSSR count). The molecule has 2 atom stereocenters. The smallest absolute Gasteiger partial charge is 0.338 e. The predicted molar refractivity (Wildman–Crippen MR) is 71.4 cm³/mol. The first-order valence-corrected chi connectivity index (χ1v) is 6.70. The molecule has 4 nitrogen and oxygen atoms in total. The molecule has 0 saturated carbocycles. The Kier molecular flexibility index (Phi) is 4.80. The zero-order chi connectivity index (χ0) is 13.7. The number of benzene rings is 1. The van der Waals surface area contributed by atoms with Crippen LogP contribution in [0.3, 0.4) is 0 Å². The van der Waals surface area contributed by atoms with Gasteiger partial charge in [-0.05, 0) is 30.2 Å². The van der Waals surface area contributed by atoms with Gasteiger partial charge in [0.05, 0.1) is 18.8 Å². The number of carbonyl (C=O) groups excluding carboxylic acids is 1. The Morgan fingerprint density at radius 2 is 2.11 bits per heavy atom. The maximum Gasteiger partial charge on any atom is 0.338 e. The molecule has 4 heteroatoms. The van der Waals surface area contributed by atoms with E-state index in [2.05, 4.69) is 13.8 Å². The van der Waals surface area contributed by atoms with Gasteiger partial charge in [0.25, 0.3) is 0 Å². The lowest BCUT2D eigenvalue weighted by Crippen LogP contribution is -2.11. The average Bonchev–Trinajstić information content (AvgIpc) is 3.27. The van der Waals surface area contributed by atoms with Crippen molar-refractivity contribution in [2.45, 2.75) is 26.4 Å². The largest absolute Gasteiger partial charge is 0.491 e. The van der Waals surface area contributed by atoms with Crippen LogP contribution in [0.5, 0.6) is 5.75 Å². The van der Waals surface area contributed by atoms with Gasteiger partial charge in [0.1, 0.15) is 18.5 Å². The third kappa shape index (κ3) is 4.56. The van der Waals surface area contributed by atoms with Crippen LogP contribution in [0.1, 0.15) is 30.6 Å². The van der Waals surface area contributed by atoms with Gasteiger partial charge < -0.3 is 14.2 Å². The molecule has 0 aliphatic carbocycles. The van der Waals surface area contributed by atoms with Crippen LogP contribution in [-0.2, 0) is 9.47 Å². The minimum atomic E-state index is -0.280. The molecule has 1 aromatic rings. The number of epoxide rings is 1. The monoisotopic (exact) mass is 264 g/mol. The van der Waals surface area contributed by atoms with Crippen molar-refractivity contribution in [2.75, 3.05) is 19.8 Å². The Hall–Kier alpha value is -1.55. The lowest BCUT2D eigenvalue weighted by Gasteiger charge is -2.10. The standard InChI is InChI=1S/C15H20O4/c1-3-11(2)8-19-15(16)12-4-6-13(7-5-12)17-9-14-10-18-14/h4-7,11,14H,3,8-10H2,1-2H3/t11-,14?/m1/s1. The first-order chi connectivity index (χ1) is 9.19. The fourth-order valence-electron chi connectivity index (χ4n) is 1.46. The third-order valence-corrected chi connectivity index (χ3v) is 3.12. The SMILES string of the molecule is CC[C@@H](C)COC(=O)c1ccc(OCC2CO2)cc1. The van der Waals surface area contributed by atoms with Crippen LogP contribution in [0.4, 0.5) is 0 Å². The molecule has 0 aromatic heterocycles. The van der Waals surface area contributed by atoms with E-state index in [1.165, 1.54) is 0 Å². The molecule has 1 unspecified atom stereocenters. The summed E-state index contributed by atoms with van der Waals surface area (Å²) in [6.45, 7) is 5.95. The summed E-state index contributed by atoms with van der Waals surface area (Å²) in [6.07, 6.45) is 1.24. The molecule has 1 aromatic carbocycles. The summed E-state index contributed by atoms with van der Waals surface area (Å²) in [5.74, 6) is 0.858. The highest BCUT2D eigenvalue weighted by Crippen LogP contribution is 2.16. The summed E-state index contributed by atoms with van der Waals surface area (Å²) < 4.78 is 15.8. The van der Waals surface area contributed by atoms with Crippen molar-refractivity contribution in [1.29, 1.82) is 0 Å². The molecular weight excluding hydrogens is 244 g/mol. The van der Waals surface area contributed by atoms with E-state index in [9.17, 15) is 4.79 Å². The van der Waals surface area contributed by atoms with Crippen LogP contribution in [0.25, 0.3) is 0 Å². The van der Waals surface area contributed by atoms with Gasteiger partial charge in [0, 0.05) is 0 Å². The first kappa shape index (κ1) is 13.9. The number of hydrogen-bond donors (Lipinski definition) is 0. The van der Waals surface area contributed by atoms with Gasteiger partial charge in [-0.15, -0.1) is 0 Å². The van der Waals surface area contributed by atoms with Gasteiger partial charge in [-0.2, -0.15) is 0 Å². The van der Waals surface area contributed by atoms with E-state index in [1.54, 1.807) is 24.3 Å². The lowest BCUT2D eigenvalue weighted by molar-refractivity contribution is 0.0447. The van der Waals surface area contributed by atoms with E-state index < -0.39 is 0 Å². The van der Waals surface area contributed by atoms with E-state index in [-0.39, 0.29) is 12.1 Å². The van der Waals surface area contributed by atoms with E-state index in [0.29, 0.717) is 24.7 Å². The number of rotatable bonds is 7. The summed E-state index contributed by atoms with van der Waals surface area (Å²) in [4.78, 5) is 11.8. The van der Waals surface area contributed by atoms with Crippen LogP contribution < -0.4 is 4.74 Å². The Labute approximate surface area is 113 Å². The quantitative estimate of drug-likeness (QED) is 0.561. The topological polar surface area (TPSA) is 48.1 Å². The van der Waals surface area contributed by atoms with Gasteiger partial charge >= 0.3 is 5.97 Å². The van der Waals surface area contributed by atoms with Gasteiger partial charge in [-0.25, -0.2) is 4.79 Å². The zero-order valence-electron chi connectivity index (χ0n) is 11.4. The highest BCUT2D eigenvalue weighted by Gasteiger charge is 2.23. The Balaban J connectivity index is 1.80. The van der Waals surface area contributed by atoms with Crippen molar-refractivity contribution in [3.05, 3.63) is 29.8 Å². The van der Waals surface area contributed by atoms with Gasteiger partial charge in [0.2, 0.25) is 0 Å². The Morgan fingerprint density at radius 3 is 2.68 bits per heavy atom. The number of ether oxygens (including phenoxy) is 3. The highest BCUT2D eigenvalue weighted by molar-refractivity contribution is 5.89. The van der Waals surface area contributed by atoms with Crippen molar-refractivity contribution in [1.82, 2.24) is 0 Å². The lowest BCUT2D eigenvalue weighted by atomic mass is 10.1. The molecule has 0 spiro atoms. The van der Waals surface area contributed by atoms with Gasteiger partial charge in [-0.1, -0.05) is 20.3 Å². The number of esters is 1. The third-order valence-electron chi connectivity index (χ3n) is 3.12. The second kappa shape index (κ2) is 6.57. The molecule has 0 amide bonds. The minimum absolute atomic E-state index is 0.236. The van der Waals surface area contributed by atoms with Crippen molar-refractivity contribution >= 4 is 5.97 Å². The van der Waals surface area contributed by atoms with E-state index in [0.717, 1.165) is 18.8 Å². The number of hydrogen-bond acceptors (Lipinski definition) is 4. The van der Waals surface area contributed by atoms with Crippen molar-refractivity contribution < 1.29 is 19.0 Å². The maximum absolute atomic E-state index is 11.8.